The van der Waals surface area contributed by atoms with Gasteiger partial charge in [-0.2, -0.15) is 0 Å². The Bertz CT molecular complexity index is 774. The van der Waals surface area contributed by atoms with E-state index in [2.05, 4.69) is 0 Å². The van der Waals surface area contributed by atoms with E-state index in [0.717, 1.165) is 4.57 Å². The van der Waals surface area contributed by atoms with Gasteiger partial charge >= 0.3 is 11.7 Å². The summed E-state index contributed by atoms with van der Waals surface area (Å²) in [6, 6.07) is 0. The quantitative estimate of drug-likeness (QED) is 0.751. The van der Waals surface area contributed by atoms with Gasteiger partial charge in [-0.15, -0.1) is 0 Å². The third kappa shape index (κ3) is 3.58. The highest BCUT2D eigenvalue weighted by molar-refractivity contribution is 5.92. The number of nitrogens with zero attached hydrogens (tertiary/aromatic N) is 3. The fourth-order valence-electron chi connectivity index (χ4n) is 2.60. The standard InChI is InChI=1S/C15H19N3O5/c1-16-8-10(13(20)17(2)15(16)23)5-6-12(19)18-7-3-4-11(9-18)14(21)22/h5-6,8,11H,3-4,7,9H2,1-2H3,(H,21,22)/b6-5+. The molecule has 0 saturated carbocycles. The van der Waals surface area contributed by atoms with Gasteiger partial charge in [-0.05, 0) is 18.9 Å². The van der Waals surface area contributed by atoms with Crippen molar-refractivity contribution in [1.29, 1.82) is 0 Å². The van der Waals surface area contributed by atoms with Crippen LogP contribution in [0.25, 0.3) is 6.08 Å². The zero-order chi connectivity index (χ0) is 17.1. The predicted molar refractivity (Wildman–Crippen MR) is 82.9 cm³/mol. The topological polar surface area (TPSA) is 102 Å². The van der Waals surface area contributed by atoms with Crippen molar-refractivity contribution in [3.8, 4) is 0 Å². The summed E-state index contributed by atoms with van der Waals surface area (Å²) in [6.45, 7) is 0.669. The van der Waals surface area contributed by atoms with Crippen molar-refractivity contribution < 1.29 is 14.7 Å². The third-order valence-electron chi connectivity index (χ3n) is 3.96. The van der Waals surface area contributed by atoms with E-state index in [1.165, 1.54) is 41.9 Å². The highest BCUT2D eigenvalue weighted by Crippen LogP contribution is 2.17. The van der Waals surface area contributed by atoms with Crippen LogP contribution in [0.2, 0.25) is 0 Å². The minimum Gasteiger partial charge on any atom is -0.481 e. The number of carboxylic acids is 1. The molecule has 0 aromatic carbocycles. The highest BCUT2D eigenvalue weighted by Gasteiger charge is 2.27. The van der Waals surface area contributed by atoms with Gasteiger partial charge in [0.15, 0.2) is 0 Å². The lowest BCUT2D eigenvalue weighted by Gasteiger charge is -2.29. The Kier molecular flexibility index (Phi) is 4.83. The fourth-order valence-corrected chi connectivity index (χ4v) is 2.60. The molecule has 23 heavy (non-hydrogen) atoms. The number of carboxylic acid groups (broad SMARTS) is 1. The number of piperidine rings is 1. The first-order chi connectivity index (χ1) is 10.8. The molecule has 8 nitrogen and oxygen atoms in total. The summed E-state index contributed by atoms with van der Waals surface area (Å²) in [5.41, 5.74) is -0.715. The van der Waals surface area contributed by atoms with Gasteiger partial charge in [0.05, 0.1) is 11.5 Å². The zero-order valence-corrected chi connectivity index (χ0v) is 13.1. The molecule has 2 rings (SSSR count). The van der Waals surface area contributed by atoms with Crippen LogP contribution < -0.4 is 11.2 Å². The van der Waals surface area contributed by atoms with Crippen LogP contribution >= 0.6 is 0 Å². The summed E-state index contributed by atoms with van der Waals surface area (Å²) < 4.78 is 2.22. The number of carbonyl (C=O) groups is 2. The van der Waals surface area contributed by atoms with Gasteiger partial charge in [0.2, 0.25) is 5.91 Å². The van der Waals surface area contributed by atoms with E-state index in [9.17, 15) is 19.2 Å². The Hall–Kier alpha value is -2.64. The SMILES string of the molecule is Cn1cc(/C=C/C(=O)N2CCCC(C(=O)O)C2)c(=O)n(C)c1=O. The lowest BCUT2D eigenvalue weighted by Crippen LogP contribution is -2.41. The number of rotatable bonds is 3. The molecule has 1 unspecified atom stereocenters. The van der Waals surface area contributed by atoms with Gasteiger partial charge in [0, 0.05) is 39.5 Å². The highest BCUT2D eigenvalue weighted by atomic mass is 16.4. The van der Waals surface area contributed by atoms with Gasteiger partial charge in [-0.25, -0.2) is 4.79 Å². The van der Waals surface area contributed by atoms with E-state index >= 15 is 0 Å². The Balaban J connectivity index is 2.17. The maximum atomic E-state index is 12.2. The molecule has 0 radical (unpaired) electrons. The summed E-state index contributed by atoms with van der Waals surface area (Å²) >= 11 is 0. The second-order valence-corrected chi connectivity index (χ2v) is 5.64. The summed E-state index contributed by atoms with van der Waals surface area (Å²) in [4.78, 5) is 48.2. The van der Waals surface area contributed by atoms with Crippen LogP contribution in [0.1, 0.15) is 18.4 Å². The van der Waals surface area contributed by atoms with Crippen LogP contribution in [-0.4, -0.2) is 44.1 Å². The van der Waals surface area contributed by atoms with Crippen LogP contribution in [0.5, 0.6) is 0 Å². The molecular formula is C15H19N3O5. The summed E-state index contributed by atoms with van der Waals surface area (Å²) in [7, 11) is 2.88. The molecule has 0 spiro atoms. The second-order valence-electron chi connectivity index (χ2n) is 5.64. The van der Waals surface area contributed by atoms with Gasteiger partial charge in [0.1, 0.15) is 0 Å². The Morgan fingerprint density at radius 3 is 2.65 bits per heavy atom. The average molecular weight is 321 g/mol. The van der Waals surface area contributed by atoms with Crippen molar-refractivity contribution in [2.24, 2.45) is 20.0 Å². The van der Waals surface area contributed by atoms with E-state index in [0.29, 0.717) is 19.4 Å². The van der Waals surface area contributed by atoms with E-state index in [1.54, 1.807) is 0 Å². The van der Waals surface area contributed by atoms with Crippen molar-refractivity contribution in [2.45, 2.75) is 12.8 Å². The number of hydrogen-bond donors (Lipinski definition) is 1. The van der Waals surface area contributed by atoms with E-state index in [-0.39, 0.29) is 18.0 Å². The fraction of sp³-hybridized carbons (Fsp3) is 0.467. The molecule has 1 aliphatic heterocycles. The average Bonchev–Trinajstić information content (AvgIpc) is 2.54. The zero-order valence-electron chi connectivity index (χ0n) is 13.1. The largest absolute Gasteiger partial charge is 0.481 e. The first kappa shape index (κ1) is 16.7. The van der Waals surface area contributed by atoms with Gasteiger partial charge in [-0.3, -0.25) is 19.0 Å². The lowest BCUT2D eigenvalue weighted by molar-refractivity contribution is -0.144. The molecule has 124 valence electrons. The molecule has 1 saturated heterocycles. The number of amides is 1. The van der Waals surface area contributed by atoms with Crippen molar-refractivity contribution in [3.05, 3.63) is 38.7 Å². The molecule has 8 heteroatoms. The summed E-state index contributed by atoms with van der Waals surface area (Å²) in [5.74, 6) is -1.79. The van der Waals surface area contributed by atoms with Gasteiger partial charge in [-0.1, -0.05) is 0 Å². The smallest absolute Gasteiger partial charge is 0.330 e. The van der Waals surface area contributed by atoms with Crippen LogP contribution in [0, 0.1) is 5.92 Å². The van der Waals surface area contributed by atoms with Crippen LogP contribution in [0.4, 0.5) is 0 Å². The molecule has 1 aromatic rings. The third-order valence-corrected chi connectivity index (χ3v) is 3.96. The minimum absolute atomic E-state index is 0.170. The number of aryl methyl sites for hydroxylation is 1. The predicted octanol–water partition coefficient (Wildman–Crippen LogP) is -0.580. The summed E-state index contributed by atoms with van der Waals surface area (Å²) in [6.07, 6.45) is 5.16. The molecule has 1 aliphatic rings. The molecule has 1 atom stereocenters. The first-order valence-corrected chi connectivity index (χ1v) is 7.27. The van der Waals surface area contributed by atoms with Crippen molar-refractivity contribution in [1.82, 2.24) is 14.0 Å². The Morgan fingerprint density at radius 2 is 2.00 bits per heavy atom. The number of carbonyl (C=O) groups excluding carboxylic acids is 1. The first-order valence-electron chi connectivity index (χ1n) is 7.27. The number of likely N-dealkylation sites (tertiary alicyclic amines) is 1. The van der Waals surface area contributed by atoms with E-state index in [4.69, 9.17) is 5.11 Å². The lowest BCUT2D eigenvalue weighted by atomic mass is 9.98. The minimum atomic E-state index is -0.904. The molecule has 0 aliphatic carbocycles. The molecule has 1 aromatic heterocycles. The normalized spacial score (nSPS) is 18.3. The van der Waals surface area contributed by atoms with Crippen molar-refractivity contribution in [2.75, 3.05) is 13.1 Å². The molecule has 1 amide bonds. The van der Waals surface area contributed by atoms with Gasteiger partial charge < -0.3 is 14.6 Å². The maximum Gasteiger partial charge on any atom is 0.330 e. The van der Waals surface area contributed by atoms with E-state index in [1.807, 2.05) is 0 Å². The second kappa shape index (κ2) is 6.64. The van der Waals surface area contributed by atoms with Crippen LogP contribution in [0.3, 0.4) is 0 Å². The van der Waals surface area contributed by atoms with Crippen LogP contribution in [0.15, 0.2) is 21.9 Å². The molecule has 1 N–H and O–H groups in total. The number of aliphatic carboxylic acids is 1. The van der Waals surface area contributed by atoms with E-state index < -0.39 is 23.1 Å². The molecule has 0 bridgehead atoms. The number of aromatic nitrogens is 2. The Morgan fingerprint density at radius 1 is 1.30 bits per heavy atom. The summed E-state index contributed by atoms with van der Waals surface area (Å²) in [5, 5.41) is 9.04. The molecule has 1 fully saturated rings. The molecular weight excluding hydrogens is 302 g/mol. The maximum absolute atomic E-state index is 12.2. The van der Waals surface area contributed by atoms with Crippen LogP contribution in [-0.2, 0) is 23.7 Å². The van der Waals surface area contributed by atoms with Gasteiger partial charge in [0.25, 0.3) is 5.56 Å². The monoisotopic (exact) mass is 321 g/mol. The number of hydrogen-bond acceptors (Lipinski definition) is 4. The Labute approximate surface area is 132 Å². The van der Waals surface area contributed by atoms with Crippen molar-refractivity contribution in [3.63, 3.8) is 0 Å². The molecule has 2 heterocycles. The van der Waals surface area contributed by atoms with Crippen molar-refractivity contribution >= 4 is 18.0 Å².